The number of halogens is 1. The number of rotatable bonds is 7. The summed E-state index contributed by atoms with van der Waals surface area (Å²) in [5, 5.41) is 7.97. The van der Waals surface area contributed by atoms with Crippen molar-refractivity contribution in [2.45, 2.75) is 21.3 Å². The second-order valence-electron chi connectivity index (χ2n) is 22.3. The highest BCUT2D eigenvalue weighted by Crippen LogP contribution is 2.43. The summed E-state index contributed by atoms with van der Waals surface area (Å²) in [6.07, 6.45) is 1.03. The molecule has 0 unspecified atom stereocenters. The largest absolute Gasteiger partial charge is 0.309 e. The Balaban J connectivity index is 0.000000130. The van der Waals surface area contributed by atoms with Gasteiger partial charge in [0.05, 0.1) is 44.5 Å². The molecule has 8 heteroatoms. The maximum atomic E-state index is 6.10. The zero-order valence-corrected chi connectivity index (χ0v) is 49.0. The van der Waals surface area contributed by atoms with Crippen LogP contribution in [0, 0.1) is 0 Å². The molecule has 0 N–H and O–H groups in total. The number of fused-ring (bicyclic) bond motifs is 12. The van der Waals surface area contributed by atoms with Gasteiger partial charge in [-0.15, -0.1) is 0 Å². The highest BCUT2D eigenvalue weighted by atomic mass is 35.5. The highest BCUT2D eigenvalue weighted by Gasteiger charge is 2.23. The predicted octanol–water partition coefficient (Wildman–Crippen LogP) is 22.1. The van der Waals surface area contributed by atoms with Crippen molar-refractivity contribution in [3.05, 3.63) is 332 Å². The summed E-state index contributed by atoms with van der Waals surface area (Å²) < 4.78 is 7.07. The number of nitrogens with zero attached hydrogens (tertiary/aromatic N) is 7. The Morgan fingerprint density at radius 3 is 1.16 bits per heavy atom. The number of hydrogen-bond acceptors (Lipinski definition) is 4. The summed E-state index contributed by atoms with van der Waals surface area (Å²) in [6.45, 7) is 0. The lowest BCUT2D eigenvalue weighted by Gasteiger charge is -2.12. The molecule has 0 amide bonds. The zero-order valence-electron chi connectivity index (χ0n) is 48.2. The van der Waals surface area contributed by atoms with E-state index in [9.17, 15) is 0 Å². The van der Waals surface area contributed by atoms with Gasteiger partial charge in [-0.3, -0.25) is 4.57 Å². The van der Waals surface area contributed by atoms with Gasteiger partial charge < -0.3 is 9.13 Å². The molecule has 0 fully saturated rings. The minimum Gasteiger partial charge on any atom is -0.309 e. The van der Waals surface area contributed by atoms with Crippen LogP contribution in [0.2, 0.25) is 5.15 Å². The van der Waals surface area contributed by atoms with E-state index in [-0.39, 0.29) is 14.9 Å². The van der Waals surface area contributed by atoms with Crippen LogP contribution in [0.3, 0.4) is 0 Å². The Kier molecular flexibility index (Phi) is 15.5. The van der Waals surface area contributed by atoms with E-state index < -0.39 is 0 Å². The van der Waals surface area contributed by atoms with Gasteiger partial charge in [0.15, 0.2) is 11.6 Å². The lowest BCUT2D eigenvalue weighted by Crippen LogP contribution is -2.02. The van der Waals surface area contributed by atoms with Crippen LogP contribution in [0.25, 0.3) is 139 Å². The third-order valence-electron chi connectivity index (χ3n) is 16.9. The standard InChI is InChI=1S/C40H26N4.C25H17N.C16H11ClN2.2CH4/c1-4-14-27(15-5-1)34-25-39(42-40(41-34)28-16-6-2-7-17-28)44-36-23-13-11-21-31(36)33-24-32-30-20-10-12-22-35(30)43(37(32)26-38(33)44)29-18-8-3-9-19-29;1-2-9-19(10-3-1)26-24-13-7-6-12-21(24)23-16-22-18(15-25(23)26)14-17-8-4-5-11-20(17)22;17-15-11-14(12-7-3-1-4-8-12)18-16(19-15)13-9-5-2-6-10-13;;/h1-26H;1-13,15-16H,14H2;1-11H;2*1H4. The van der Waals surface area contributed by atoms with E-state index in [4.69, 9.17) is 21.6 Å². The van der Waals surface area contributed by atoms with Crippen LogP contribution in [0.4, 0.5) is 0 Å². The normalized spacial score (nSPS) is 11.4. The molecular formula is C83H62ClN7. The Morgan fingerprint density at radius 2 is 0.648 bits per heavy atom. The van der Waals surface area contributed by atoms with Crippen LogP contribution >= 0.6 is 11.6 Å². The molecule has 17 aromatic rings. The molecule has 1 aliphatic rings. The van der Waals surface area contributed by atoms with Crippen molar-refractivity contribution >= 4 is 77.0 Å². The Labute approximate surface area is 534 Å². The first-order valence-corrected chi connectivity index (χ1v) is 30.3. The smallest absolute Gasteiger partial charge is 0.162 e. The molecule has 0 atom stereocenters. The highest BCUT2D eigenvalue weighted by molar-refractivity contribution is 6.29. The van der Waals surface area contributed by atoms with Crippen molar-refractivity contribution in [2.75, 3.05) is 0 Å². The van der Waals surface area contributed by atoms with Crippen molar-refractivity contribution < 1.29 is 0 Å². The SMILES string of the molecule is C.C.Clc1cc(-c2ccccc2)nc(-c2ccccc2)n1.c1ccc(-c2cc(-n3c4ccccc4c4cc5c6ccccc6n(-c6ccccc6)c5cc43)nc(-c3ccccc3)n2)cc1.c1ccc(-n2c3ccccc3c3cc4c(cc32)Cc2ccccc2-4)cc1. The van der Waals surface area contributed by atoms with Gasteiger partial charge in [0.1, 0.15) is 11.0 Å². The molecule has 5 aromatic heterocycles. The van der Waals surface area contributed by atoms with Gasteiger partial charge in [-0.25, -0.2) is 19.9 Å². The minimum absolute atomic E-state index is 0. The zero-order chi connectivity index (χ0) is 59.2. The van der Waals surface area contributed by atoms with Crippen molar-refractivity contribution in [3.63, 3.8) is 0 Å². The van der Waals surface area contributed by atoms with Gasteiger partial charge in [0.2, 0.25) is 0 Å². The molecule has 0 spiro atoms. The molecular weight excluding hydrogens is 1130 g/mol. The van der Waals surface area contributed by atoms with Gasteiger partial charge >= 0.3 is 0 Å². The summed E-state index contributed by atoms with van der Waals surface area (Å²) in [7, 11) is 0. The van der Waals surface area contributed by atoms with Gasteiger partial charge in [0.25, 0.3) is 0 Å². The fraction of sp³-hybridized carbons (Fsp3) is 0.0361. The Morgan fingerprint density at radius 1 is 0.264 bits per heavy atom. The fourth-order valence-electron chi connectivity index (χ4n) is 12.9. The third-order valence-corrected chi connectivity index (χ3v) is 17.1. The van der Waals surface area contributed by atoms with Gasteiger partial charge in [-0.05, 0) is 95.4 Å². The first-order chi connectivity index (χ1) is 44.1. The second-order valence-corrected chi connectivity index (χ2v) is 22.7. The molecule has 7 nitrogen and oxygen atoms in total. The topological polar surface area (TPSA) is 66.3 Å². The first-order valence-electron chi connectivity index (χ1n) is 29.9. The molecule has 0 saturated heterocycles. The van der Waals surface area contributed by atoms with Crippen LogP contribution in [-0.2, 0) is 6.42 Å². The minimum atomic E-state index is 0. The molecule has 91 heavy (non-hydrogen) atoms. The van der Waals surface area contributed by atoms with Gasteiger partial charge in [-0.2, -0.15) is 0 Å². The van der Waals surface area contributed by atoms with Gasteiger partial charge in [-0.1, -0.05) is 263 Å². The maximum Gasteiger partial charge on any atom is 0.162 e. The molecule has 0 aliphatic heterocycles. The molecule has 436 valence electrons. The molecule has 0 radical (unpaired) electrons. The molecule has 5 heterocycles. The first kappa shape index (κ1) is 57.2. The Bertz CT molecular complexity index is 5340. The number of para-hydroxylation sites is 5. The lowest BCUT2D eigenvalue weighted by atomic mass is 10.0. The summed E-state index contributed by atoms with van der Waals surface area (Å²) in [6, 6.07) is 110. The third kappa shape index (κ3) is 10.6. The average Bonchev–Trinajstić information content (AvgIpc) is 1.58. The quantitative estimate of drug-likeness (QED) is 0.149. The lowest BCUT2D eigenvalue weighted by molar-refractivity contribution is 1.05. The molecule has 12 aromatic carbocycles. The maximum absolute atomic E-state index is 6.10. The van der Waals surface area contributed by atoms with Crippen LogP contribution in [0.15, 0.2) is 315 Å². The van der Waals surface area contributed by atoms with E-state index >= 15 is 0 Å². The number of benzene rings is 12. The van der Waals surface area contributed by atoms with Crippen LogP contribution < -0.4 is 0 Å². The van der Waals surface area contributed by atoms with Crippen LogP contribution in [-0.4, -0.2) is 33.6 Å². The van der Waals surface area contributed by atoms with Crippen molar-refractivity contribution in [1.29, 1.82) is 0 Å². The van der Waals surface area contributed by atoms with E-state index in [1.807, 2.05) is 84.9 Å². The van der Waals surface area contributed by atoms with Crippen LogP contribution in [0.5, 0.6) is 0 Å². The monoisotopic (exact) mass is 1190 g/mol. The molecule has 1 aliphatic carbocycles. The second kappa shape index (κ2) is 24.6. The summed E-state index contributed by atoms with van der Waals surface area (Å²) in [5.41, 5.74) is 20.9. The number of hydrogen-bond donors (Lipinski definition) is 0. The summed E-state index contributed by atoms with van der Waals surface area (Å²) >= 11 is 6.10. The summed E-state index contributed by atoms with van der Waals surface area (Å²) in [4.78, 5) is 19.1. The Hall–Kier alpha value is -11.5. The van der Waals surface area contributed by atoms with Crippen molar-refractivity contribution in [1.82, 2.24) is 33.6 Å². The van der Waals surface area contributed by atoms with E-state index in [0.717, 1.165) is 68.1 Å². The van der Waals surface area contributed by atoms with Crippen molar-refractivity contribution in [3.8, 4) is 73.6 Å². The average molecular weight is 1190 g/mol. The van der Waals surface area contributed by atoms with E-state index in [0.29, 0.717) is 16.8 Å². The summed E-state index contributed by atoms with van der Waals surface area (Å²) in [5.74, 6) is 2.19. The van der Waals surface area contributed by atoms with E-state index in [2.05, 4.69) is 248 Å². The van der Waals surface area contributed by atoms with E-state index in [1.165, 1.54) is 76.8 Å². The van der Waals surface area contributed by atoms with Crippen LogP contribution in [0.1, 0.15) is 26.0 Å². The predicted molar refractivity (Wildman–Crippen MR) is 382 cm³/mol. The van der Waals surface area contributed by atoms with Gasteiger partial charge in [0, 0.05) is 78.1 Å². The fourth-order valence-corrected chi connectivity index (χ4v) is 13.1. The molecule has 18 rings (SSSR count). The van der Waals surface area contributed by atoms with Crippen molar-refractivity contribution in [2.24, 2.45) is 0 Å². The van der Waals surface area contributed by atoms with E-state index in [1.54, 1.807) is 6.07 Å². The molecule has 0 bridgehead atoms. The molecule has 0 saturated carbocycles. The number of aromatic nitrogens is 7.